The minimum absolute atomic E-state index is 0.0106. The molecule has 10 nitrogen and oxygen atoms in total. The highest BCUT2D eigenvalue weighted by Crippen LogP contribution is 2.41. The third-order valence-corrected chi connectivity index (χ3v) is 7.96. The molecule has 0 radical (unpaired) electrons. The van der Waals surface area contributed by atoms with Gasteiger partial charge in [-0.2, -0.15) is 0 Å². The topological polar surface area (TPSA) is 134 Å². The number of nitrogens with zero attached hydrogens (tertiary/aromatic N) is 1. The zero-order valence-corrected chi connectivity index (χ0v) is 21.9. The lowest BCUT2D eigenvalue weighted by molar-refractivity contribution is -0.144. The molecule has 0 bridgehead atoms. The molecule has 1 fully saturated rings. The largest absolute Gasteiger partial charge is 0.465 e. The van der Waals surface area contributed by atoms with E-state index in [2.05, 4.69) is 10.6 Å². The van der Waals surface area contributed by atoms with Crippen LogP contribution in [0.2, 0.25) is 0 Å². The molecule has 36 heavy (non-hydrogen) atoms. The molecular weight excluding hydrogens is 486 g/mol. The number of aliphatic hydroxyl groups excluding tert-OH is 1. The van der Waals surface area contributed by atoms with Crippen molar-refractivity contribution in [3.63, 3.8) is 0 Å². The van der Waals surface area contributed by atoms with Crippen LogP contribution in [-0.4, -0.2) is 78.5 Å². The molecule has 11 heteroatoms. The number of methoxy groups -OCH3 is 2. The quantitative estimate of drug-likeness (QED) is 0.439. The van der Waals surface area contributed by atoms with Crippen LogP contribution in [0.1, 0.15) is 37.6 Å². The fourth-order valence-corrected chi connectivity index (χ4v) is 5.63. The second-order valence-electron chi connectivity index (χ2n) is 9.08. The number of rotatable bonds is 8. The van der Waals surface area contributed by atoms with E-state index in [1.165, 1.54) is 30.9 Å². The molecule has 2 aliphatic heterocycles. The molecule has 3 rings (SSSR count). The zero-order valence-electron chi connectivity index (χ0n) is 21.1. The van der Waals surface area contributed by atoms with E-state index in [0.29, 0.717) is 30.8 Å². The highest BCUT2D eigenvalue weighted by Gasteiger charge is 2.41. The lowest BCUT2D eigenvalue weighted by atomic mass is 10.0. The van der Waals surface area contributed by atoms with Gasteiger partial charge in [-0.15, -0.1) is 11.8 Å². The minimum atomic E-state index is -0.852. The Bertz CT molecular complexity index is 1060. The van der Waals surface area contributed by atoms with Crippen molar-refractivity contribution >= 4 is 41.2 Å². The zero-order chi connectivity index (χ0) is 26.6. The maximum atomic E-state index is 13.0. The average molecular weight is 520 g/mol. The summed E-state index contributed by atoms with van der Waals surface area (Å²) in [7, 11) is 2.57. The van der Waals surface area contributed by atoms with Crippen LogP contribution in [0.5, 0.6) is 0 Å². The van der Waals surface area contributed by atoms with Gasteiger partial charge in [0.1, 0.15) is 5.70 Å². The molecule has 0 aromatic heterocycles. The first kappa shape index (κ1) is 27.7. The van der Waals surface area contributed by atoms with Crippen molar-refractivity contribution in [1.29, 1.82) is 0 Å². The molecule has 2 amide bonds. The van der Waals surface area contributed by atoms with Crippen LogP contribution in [-0.2, 0) is 23.9 Å². The van der Waals surface area contributed by atoms with Crippen molar-refractivity contribution in [1.82, 2.24) is 10.2 Å². The van der Waals surface area contributed by atoms with Gasteiger partial charge in [0.15, 0.2) is 0 Å². The first-order valence-electron chi connectivity index (χ1n) is 11.8. The van der Waals surface area contributed by atoms with Gasteiger partial charge >= 0.3 is 11.9 Å². The van der Waals surface area contributed by atoms with Crippen molar-refractivity contribution in [2.45, 2.75) is 44.6 Å². The van der Waals surface area contributed by atoms with E-state index in [0.717, 1.165) is 4.91 Å². The number of benzene rings is 1. The first-order chi connectivity index (χ1) is 17.1. The third kappa shape index (κ3) is 6.08. The van der Waals surface area contributed by atoms with Gasteiger partial charge in [-0.25, -0.2) is 9.59 Å². The van der Waals surface area contributed by atoms with Gasteiger partial charge in [0.25, 0.3) is 0 Å². The molecule has 196 valence electrons. The van der Waals surface area contributed by atoms with Crippen LogP contribution in [0.3, 0.4) is 0 Å². The summed E-state index contributed by atoms with van der Waals surface area (Å²) in [6.45, 7) is 5.96. The Morgan fingerprint density at radius 1 is 1.17 bits per heavy atom. The number of amides is 2. The fourth-order valence-electron chi connectivity index (χ4n) is 4.19. The van der Waals surface area contributed by atoms with E-state index in [1.807, 2.05) is 6.92 Å². The molecule has 5 atom stereocenters. The van der Waals surface area contributed by atoms with Crippen LogP contribution in [0.15, 0.2) is 34.9 Å². The number of nitrogens with one attached hydrogen (secondary N) is 2. The van der Waals surface area contributed by atoms with E-state index in [1.54, 1.807) is 38.1 Å². The highest BCUT2D eigenvalue weighted by molar-refractivity contribution is 8.03. The molecule has 0 aliphatic carbocycles. The van der Waals surface area contributed by atoms with Crippen LogP contribution in [0.25, 0.3) is 0 Å². The van der Waals surface area contributed by atoms with Crippen LogP contribution >= 0.6 is 11.8 Å². The summed E-state index contributed by atoms with van der Waals surface area (Å²) in [5.74, 6) is -2.41. The fraction of sp³-hybridized carbons (Fsp3) is 0.520. The molecule has 1 saturated heterocycles. The SMILES string of the molecule is COC(=O)C1=C(SC2CNC(C(=O)Nc3cccc(C(=O)OC)c3)C2)C(C)CN1C(=O)C(C)C(C)O. The number of hydrogen-bond acceptors (Lipinski definition) is 9. The Hall–Kier alpha value is -2.89. The summed E-state index contributed by atoms with van der Waals surface area (Å²) in [5, 5.41) is 15.9. The molecular formula is C25H33N3O7S. The van der Waals surface area contributed by atoms with Gasteiger partial charge in [0.05, 0.1) is 37.8 Å². The van der Waals surface area contributed by atoms with Crippen LogP contribution in [0.4, 0.5) is 5.69 Å². The number of carbonyl (C=O) groups is 4. The number of anilines is 1. The second-order valence-corrected chi connectivity index (χ2v) is 10.4. The van der Waals surface area contributed by atoms with Crippen LogP contribution < -0.4 is 10.6 Å². The second kappa shape index (κ2) is 11.9. The standard InChI is InChI=1S/C25H33N3O7S/c1-13-12-28(23(31)14(2)15(3)29)20(25(33)35-5)21(13)36-18-10-19(26-11-18)22(30)27-17-8-6-7-16(9-17)24(32)34-4/h6-9,13-15,18-19,26,29H,10-12H2,1-5H3,(H,27,30). The monoisotopic (exact) mass is 519 g/mol. The maximum absolute atomic E-state index is 13.0. The van der Waals surface area contributed by atoms with E-state index in [4.69, 9.17) is 9.47 Å². The third-order valence-electron chi connectivity index (χ3n) is 6.42. The summed E-state index contributed by atoms with van der Waals surface area (Å²) in [6, 6.07) is 6.05. The molecule has 1 aromatic rings. The van der Waals surface area contributed by atoms with Crippen molar-refractivity contribution < 1.29 is 33.8 Å². The molecule has 3 N–H and O–H groups in total. The van der Waals surface area contributed by atoms with Gasteiger partial charge in [-0.05, 0) is 31.5 Å². The predicted octanol–water partition coefficient (Wildman–Crippen LogP) is 1.76. The average Bonchev–Trinajstić information content (AvgIpc) is 3.47. The van der Waals surface area contributed by atoms with Crippen molar-refractivity contribution in [2.75, 3.05) is 32.6 Å². The lowest BCUT2D eigenvalue weighted by Crippen LogP contribution is -2.39. The lowest BCUT2D eigenvalue weighted by Gasteiger charge is -2.24. The van der Waals surface area contributed by atoms with E-state index in [9.17, 15) is 24.3 Å². The minimum Gasteiger partial charge on any atom is -0.465 e. The van der Waals surface area contributed by atoms with E-state index >= 15 is 0 Å². The van der Waals surface area contributed by atoms with Gasteiger partial charge in [-0.1, -0.05) is 19.9 Å². The predicted molar refractivity (Wildman–Crippen MR) is 135 cm³/mol. The Morgan fingerprint density at radius 3 is 2.50 bits per heavy atom. The van der Waals surface area contributed by atoms with E-state index in [-0.39, 0.29) is 28.7 Å². The number of thioether (sulfide) groups is 1. The molecule has 2 heterocycles. The summed E-state index contributed by atoms with van der Waals surface area (Å²) < 4.78 is 9.70. The molecule has 0 spiro atoms. The van der Waals surface area contributed by atoms with Gasteiger partial charge < -0.3 is 30.1 Å². The molecule has 2 aliphatic rings. The molecule has 0 saturated carbocycles. The summed E-state index contributed by atoms with van der Waals surface area (Å²) in [5.41, 5.74) is 1.03. The highest BCUT2D eigenvalue weighted by atomic mass is 32.2. The number of aliphatic hydroxyl groups is 1. The van der Waals surface area contributed by atoms with Crippen molar-refractivity contribution in [3.05, 3.63) is 40.4 Å². The Kier molecular flexibility index (Phi) is 9.15. The number of hydrogen-bond donors (Lipinski definition) is 3. The summed E-state index contributed by atoms with van der Waals surface area (Å²) in [4.78, 5) is 52.4. The molecule has 1 aromatic carbocycles. The number of carbonyl (C=O) groups excluding carboxylic acids is 4. The maximum Gasteiger partial charge on any atom is 0.355 e. The number of ether oxygens (including phenoxy) is 2. The van der Waals surface area contributed by atoms with Crippen LogP contribution in [0, 0.1) is 11.8 Å². The normalized spacial score (nSPS) is 23.3. The summed E-state index contributed by atoms with van der Waals surface area (Å²) >= 11 is 1.47. The van der Waals surface area contributed by atoms with Gasteiger partial charge in [0.2, 0.25) is 11.8 Å². The molecule has 5 unspecified atom stereocenters. The number of esters is 2. The smallest absolute Gasteiger partial charge is 0.355 e. The Balaban J connectivity index is 1.71. The van der Waals surface area contributed by atoms with Crippen molar-refractivity contribution in [2.24, 2.45) is 11.8 Å². The van der Waals surface area contributed by atoms with Gasteiger partial charge in [-0.3, -0.25) is 9.59 Å². The Morgan fingerprint density at radius 2 is 1.86 bits per heavy atom. The summed E-state index contributed by atoms with van der Waals surface area (Å²) in [6.07, 6.45) is -0.342. The van der Waals surface area contributed by atoms with Crippen molar-refractivity contribution in [3.8, 4) is 0 Å². The van der Waals surface area contributed by atoms with E-state index < -0.39 is 30.0 Å². The van der Waals surface area contributed by atoms with Gasteiger partial charge in [0, 0.05) is 34.8 Å². The Labute approximate surface area is 214 Å². The first-order valence-corrected chi connectivity index (χ1v) is 12.7.